The first-order valence-corrected chi connectivity index (χ1v) is 6.60. The highest BCUT2D eigenvalue weighted by atomic mass is 32.2. The molecule has 0 radical (unpaired) electrons. The van der Waals surface area contributed by atoms with E-state index in [4.69, 9.17) is 15.9 Å². The molecule has 102 valence electrons. The molecule has 1 aromatic rings. The van der Waals surface area contributed by atoms with Crippen LogP contribution in [0.5, 0.6) is 0 Å². The van der Waals surface area contributed by atoms with Gasteiger partial charge in [-0.15, -0.1) is 0 Å². The maximum atomic E-state index is 13.4. The molecule has 0 fully saturated rings. The third kappa shape index (κ3) is 3.39. The van der Waals surface area contributed by atoms with E-state index in [1.165, 1.54) is 6.92 Å². The Kier molecular flexibility index (Phi) is 4.63. The van der Waals surface area contributed by atoms with Gasteiger partial charge in [0.15, 0.2) is 0 Å². The lowest BCUT2D eigenvalue weighted by atomic mass is 10.2. The van der Waals surface area contributed by atoms with Gasteiger partial charge in [0.25, 0.3) is 0 Å². The van der Waals surface area contributed by atoms with E-state index in [1.54, 1.807) is 0 Å². The number of hydrogen-bond donors (Lipinski definition) is 4. The summed E-state index contributed by atoms with van der Waals surface area (Å²) in [7, 11) is -3.98. The molecule has 0 aliphatic heterocycles. The molecular weight excluding hydrogens is 263 g/mol. The number of aliphatic hydroxyl groups excluding tert-OH is 2. The lowest BCUT2D eigenvalue weighted by Gasteiger charge is -2.12. The van der Waals surface area contributed by atoms with E-state index >= 15 is 0 Å². The Balaban J connectivity index is 3.05. The Labute approximate surface area is 104 Å². The summed E-state index contributed by atoms with van der Waals surface area (Å²) in [5.74, 6) is -0.724. The van der Waals surface area contributed by atoms with Crippen LogP contribution in [0.25, 0.3) is 0 Å². The van der Waals surface area contributed by atoms with Gasteiger partial charge >= 0.3 is 0 Å². The third-order valence-corrected chi connectivity index (χ3v) is 3.88. The first kappa shape index (κ1) is 14.8. The molecule has 0 aromatic heterocycles. The number of benzene rings is 1. The smallest absolute Gasteiger partial charge is 0.241 e. The van der Waals surface area contributed by atoms with Crippen molar-refractivity contribution in [1.29, 1.82) is 0 Å². The minimum atomic E-state index is -3.98. The summed E-state index contributed by atoms with van der Waals surface area (Å²) in [6.07, 6.45) is -1.22. The summed E-state index contributed by atoms with van der Waals surface area (Å²) in [6.45, 7) is 0.368. The normalized spacial score (nSPS) is 13.6. The third-order valence-electron chi connectivity index (χ3n) is 2.33. The molecule has 0 bridgehead atoms. The monoisotopic (exact) mass is 278 g/mol. The number of nitrogen functional groups attached to an aromatic ring is 1. The molecule has 1 rings (SSSR count). The highest BCUT2D eigenvalue weighted by Gasteiger charge is 2.20. The van der Waals surface area contributed by atoms with Crippen molar-refractivity contribution in [2.75, 3.05) is 18.9 Å². The Bertz CT molecular complexity index is 533. The van der Waals surface area contributed by atoms with Crippen LogP contribution in [0.2, 0.25) is 0 Å². The molecule has 6 nitrogen and oxygen atoms in total. The van der Waals surface area contributed by atoms with Gasteiger partial charge in [0.05, 0.1) is 17.6 Å². The zero-order valence-electron chi connectivity index (χ0n) is 9.72. The van der Waals surface area contributed by atoms with Crippen molar-refractivity contribution >= 4 is 15.7 Å². The molecule has 0 aliphatic rings. The van der Waals surface area contributed by atoms with Crippen molar-refractivity contribution in [1.82, 2.24) is 4.72 Å². The molecule has 5 N–H and O–H groups in total. The molecule has 1 atom stereocenters. The van der Waals surface area contributed by atoms with Crippen molar-refractivity contribution in [2.24, 2.45) is 0 Å². The fourth-order valence-corrected chi connectivity index (χ4v) is 2.66. The first-order chi connectivity index (χ1) is 8.27. The second-order valence-electron chi connectivity index (χ2n) is 3.81. The Morgan fingerprint density at radius 2 is 2.11 bits per heavy atom. The number of aliphatic hydroxyl groups is 2. The highest BCUT2D eigenvalue weighted by molar-refractivity contribution is 7.89. The summed E-state index contributed by atoms with van der Waals surface area (Å²) in [5, 5.41) is 17.7. The molecule has 0 amide bonds. The second kappa shape index (κ2) is 5.61. The lowest BCUT2D eigenvalue weighted by molar-refractivity contribution is 0.0988. The predicted molar refractivity (Wildman–Crippen MR) is 63.8 cm³/mol. The second-order valence-corrected chi connectivity index (χ2v) is 5.55. The number of nitrogens with two attached hydrogens (primary N) is 1. The van der Waals surface area contributed by atoms with Crippen LogP contribution in [0.4, 0.5) is 10.1 Å². The number of hydrogen-bond acceptors (Lipinski definition) is 5. The average molecular weight is 278 g/mol. The molecule has 18 heavy (non-hydrogen) atoms. The van der Waals surface area contributed by atoms with E-state index in [1.807, 2.05) is 0 Å². The van der Waals surface area contributed by atoms with Crippen LogP contribution in [0, 0.1) is 12.7 Å². The Hall–Kier alpha value is -1.22. The molecule has 1 unspecified atom stereocenters. The molecule has 0 saturated carbocycles. The van der Waals surface area contributed by atoms with Gasteiger partial charge in [0.1, 0.15) is 5.82 Å². The SMILES string of the molecule is Cc1c(F)cc(N)cc1S(=O)(=O)NCC(O)CO. The van der Waals surface area contributed by atoms with Crippen molar-refractivity contribution < 1.29 is 23.0 Å². The van der Waals surface area contributed by atoms with Crippen molar-refractivity contribution in [3.05, 3.63) is 23.5 Å². The fourth-order valence-electron chi connectivity index (χ4n) is 1.30. The lowest BCUT2D eigenvalue weighted by Crippen LogP contribution is -2.34. The summed E-state index contributed by atoms with van der Waals surface area (Å²) < 4.78 is 39.1. The maximum Gasteiger partial charge on any atom is 0.241 e. The van der Waals surface area contributed by atoms with Crippen LogP contribution in [0.3, 0.4) is 0 Å². The largest absolute Gasteiger partial charge is 0.399 e. The summed E-state index contributed by atoms with van der Waals surface area (Å²) in [4.78, 5) is -0.287. The van der Waals surface area contributed by atoms with E-state index in [-0.39, 0.29) is 22.7 Å². The maximum absolute atomic E-state index is 13.4. The van der Waals surface area contributed by atoms with Gasteiger partial charge in [-0.25, -0.2) is 17.5 Å². The van der Waals surface area contributed by atoms with Crippen LogP contribution in [0.1, 0.15) is 5.56 Å². The van der Waals surface area contributed by atoms with Crippen molar-refractivity contribution in [2.45, 2.75) is 17.9 Å². The van der Waals surface area contributed by atoms with Crippen LogP contribution < -0.4 is 10.5 Å². The standard InChI is InChI=1S/C10H15FN2O4S/c1-6-9(11)2-7(12)3-10(6)18(16,17)13-4-8(15)5-14/h2-3,8,13-15H,4-5,12H2,1H3. The van der Waals surface area contributed by atoms with Crippen LogP contribution in [-0.2, 0) is 10.0 Å². The van der Waals surface area contributed by atoms with E-state index in [0.29, 0.717) is 0 Å². The zero-order chi connectivity index (χ0) is 13.9. The minimum absolute atomic E-state index is 0.0128. The molecule has 0 saturated heterocycles. The van der Waals surface area contributed by atoms with Gasteiger partial charge in [0, 0.05) is 17.8 Å². The minimum Gasteiger partial charge on any atom is -0.399 e. The van der Waals surface area contributed by atoms with E-state index in [0.717, 1.165) is 12.1 Å². The number of nitrogens with one attached hydrogen (secondary N) is 1. The quantitative estimate of drug-likeness (QED) is 0.535. The summed E-state index contributed by atoms with van der Waals surface area (Å²) in [5.41, 5.74) is 5.31. The van der Waals surface area contributed by atoms with Gasteiger partial charge in [-0.05, 0) is 19.1 Å². The molecule has 0 heterocycles. The van der Waals surface area contributed by atoms with Crippen LogP contribution in [0.15, 0.2) is 17.0 Å². The van der Waals surface area contributed by atoms with Gasteiger partial charge in [-0.1, -0.05) is 0 Å². The molecule has 0 spiro atoms. The van der Waals surface area contributed by atoms with E-state index in [2.05, 4.69) is 4.72 Å². The Morgan fingerprint density at radius 1 is 1.50 bits per heavy atom. The van der Waals surface area contributed by atoms with Crippen LogP contribution in [-0.4, -0.2) is 37.9 Å². The summed E-state index contributed by atoms with van der Waals surface area (Å²) in [6, 6.07) is 2.16. The number of halogens is 1. The van der Waals surface area contributed by atoms with E-state index < -0.39 is 28.6 Å². The number of anilines is 1. The topological polar surface area (TPSA) is 113 Å². The van der Waals surface area contributed by atoms with Gasteiger partial charge in [0.2, 0.25) is 10.0 Å². The molecular formula is C10H15FN2O4S. The molecule has 8 heteroatoms. The predicted octanol–water partition coefficient (Wildman–Crippen LogP) is -0.652. The fraction of sp³-hybridized carbons (Fsp3) is 0.400. The zero-order valence-corrected chi connectivity index (χ0v) is 10.5. The first-order valence-electron chi connectivity index (χ1n) is 5.12. The highest BCUT2D eigenvalue weighted by Crippen LogP contribution is 2.21. The van der Waals surface area contributed by atoms with Gasteiger partial charge in [-0.3, -0.25) is 0 Å². The number of sulfonamides is 1. The number of rotatable bonds is 5. The Morgan fingerprint density at radius 3 is 2.67 bits per heavy atom. The average Bonchev–Trinajstić information content (AvgIpc) is 2.30. The van der Waals surface area contributed by atoms with E-state index in [9.17, 15) is 12.8 Å². The van der Waals surface area contributed by atoms with Crippen molar-refractivity contribution in [3.8, 4) is 0 Å². The van der Waals surface area contributed by atoms with Gasteiger partial charge < -0.3 is 15.9 Å². The summed E-state index contributed by atoms with van der Waals surface area (Å²) >= 11 is 0. The van der Waals surface area contributed by atoms with Crippen LogP contribution >= 0.6 is 0 Å². The molecule has 1 aromatic carbocycles. The van der Waals surface area contributed by atoms with Crippen molar-refractivity contribution in [3.63, 3.8) is 0 Å². The molecule has 0 aliphatic carbocycles. The van der Waals surface area contributed by atoms with Gasteiger partial charge in [-0.2, -0.15) is 0 Å².